The third-order valence-corrected chi connectivity index (χ3v) is 10.9. The van der Waals surface area contributed by atoms with Crippen LogP contribution >= 0.6 is 0 Å². The van der Waals surface area contributed by atoms with Crippen molar-refractivity contribution in [2.75, 3.05) is 28.4 Å². The smallest absolute Gasteiger partial charge is 0.119 e. The van der Waals surface area contributed by atoms with E-state index in [1.807, 2.05) is 66.7 Å². The number of benzene rings is 4. The fraction of sp³-hybridized carbons (Fsp3) is 0.102. The van der Waals surface area contributed by atoms with Gasteiger partial charge in [0.25, 0.3) is 0 Å². The van der Waals surface area contributed by atoms with Crippen LogP contribution < -0.4 is 18.9 Å². The standard InChI is InChI=1S/C49H38N4O4/c1-54-33-11-5-28(6-12-33)45-38-19-20-39(50-38)46(29-7-13-34(55-2)14-8-29)41-23-24-43(52-41)48-37-18-17-36(57-4)26-31(37)25-32-27-44(53-49(32)48)47(42-22-21-40(45)51-42)30-9-15-35(56-3)16-10-30/h5-24,26-27,51,53H,25H2,1-4H3/i25D. The second kappa shape index (κ2) is 13.8. The number of hydrogen-bond donors (Lipinski definition) is 2. The summed E-state index contributed by atoms with van der Waals surface area (Å²) in [7, 11) is 6.67. The number of nitrogens with one attached hydrogen (secondary N) is 2. The quantitative estimate of drug-likeness (QED) is 0.169. The van der Waals surface area contributed by atoms with Crippen molar-refractivity contribution in [3.63, 3.8) is 0 Å². The molecule has 278 valence electrons. The van der Waals surface area contributed by atoms with Gasteiger partial charge in [0.2, 0.25) is 0 Å². The summed E-state index contributed by atoms with van der Waals surface area (Å²) in [5.74, 6) is 2.99. The summed E-state index contributed by atoms with van der Waals surface area (Å²) in [5, 5.41) is 0. The van der Waals surface area contributed by atoms with Gasteiger partial charge in [-0.2, -0.15) is 0 Å². The Balaban J connectivity index is 1.39. The molecule has 1 aliphatic carbocycles. The van der Waals surface area contributed by atoms with Gasteiger partial charge in [0.15, 0.2) is 0 Å². The molecule has 2 aliphatic heterocycles. The average Bonchev–Trinajstić information content (AvgIpc) is 4.11. The molecule has 4 aromatic carbocycles. The summed E-state index contributed by atoms with van der Waals surface area (Å²) in [5.41, 5.74) is 15.9. The third kappa shape index (κ3) is 5.85. The molecule has 0 saturated carbocycles. The van der Waals surface area contributed by atoms with Crippen molar-refractivity contribution in [2.45, 2.75) is 6.40 Å². The number of H-pyrrole nitrogens is 2. The maximum absolute atomic E-state index is 9.68. The first-order chi connectivity index (χ1) is 28.4. The van der Waals surface area contributed by atoms with Gasteiger partial charge in [0.05, 0.1) is 56.7 Å². The highest BCUT2D eigenvalue weighted by Crippen LogP contribution is 2.44. The second-order valence-electron chi connectivity index (χ2n) is 14.0. The number of ether oxygens (including phenoxy) is 4. The molecule has 0 fully saturated rings. The minimum absolute atomic E-state index is 0.676. The van der Waals surface area contributed by atoms with E-state index in [2.05, 4.69) is 76.7 Å². The Bertz CT molecular complexity index is 3000. The largest absolute Gasteiger partial charge is 0.497 e. The Morgan fingerprint density at radius 1 is 0.439 bits per heavy atom. The van der Waals surface area contributed by atoms with E-state index in [4.69, 9.17) is 28.9 Å². The monoisotopic (exact) mass is 747 g/mol. The van der Waals surface area contributed by atoms with E-state index in [0.29, 0.717) is 5.75 Å². The van der Waals surface area contributed by atoms with Gasteiger partial charge in [0.1, 0.15) is 23.0 Å². The molecule has 8 heteroatoms. The van der Waals surface area contributed by atoms with Crippen LogP contribution in [0, 0.1) is 0 Å². The molecule has 10 rings (SSSR count). The van der Waals surface area contributed by atoms with E-state index in [1.54, 1.807) is 28.4 Å². The number of nitrogens with zero attached hydrogens (tertiary/aromatic N) is 2. The first-order valence-corrected chi connectivity index (χ1v) is 18.7. The first-order valence-electron chi connectivity index (χ1n) is 19.3. The fourth-order valence-electron chi connectivity index (χ4n) is 8.07. The Hall–Kier alpha value is -7.32. The Labute approximate surface area is 331 Å². The van der Waals surface area contributed by atoms with Crippen LogP contribution in [0.2, 0.25) is 0 Å². The Morgan fingerprint density at radius 2 is 0.895 bits per heavy atom. The molecule has 8 nitrogen and oxygen atoms in total. The maximum Gasteiger partial charge on any atom is 0.119 e. The second-order valence-corrected chi connectivity index (χ2v) is 14.0. The normalized spacial score (nSPS) is 13.9. The molecule has 57 heavy (non-hydrogen) atoms. The summed E-state index contributed by atoms with van der Waals surface area (Å²) in [6.07, 6.45) is 7.60. The number of aromatic amines is 2. The average molecular weight is 748 g/mol. The number of hydrogen-bond acceptors (Lipinski definition) is 6. The van der Waals surface area contributed by atoms with E-state index in [-0.39, 0.29) is 0 Å². The van der Waals surface area contributed by atoms with Gasteiger partial charge in [-0.25, -0.2) is 9.97 Å². The molecule has 8 bridgehead atoms. The molecule has 1 atom stereocenters. The van der Waals surface area contributed by atoms with Gasteiger partial charge in [0, 0.05) is 46.6 Å². The lowest BCUT2D eigenvalue weighted by atomic mass is 9.88. The summed E-state index contributed by atoms with van der Waals surface area (Å²) < 4.78 is 32.0. The van der Waals surface area contributed by atoms with Crippen LogP contribution in [0.5, 0.6) is 23.0 Å². The number of rotatable bonds is 7. The van der Waals surface area contributed by atoms with Crippen molar-refractivity contribution in [1.29, 1.82) is 0 Å². The van der Waals surface area contributed by atoms with E-state index < -0.39 is 6.40 Å². The van der Waals surface area contributed by atoms with Crippen LogP contribution in [0.4, 0.5) is 0 Å². The molecular formula is C49H38N4O4. The van der Waals surface area contributed by atoms with Crippen molar-refractivity contribution in [1.82, 2.24) is 19.9 Å². The maximum atomic E-state index is 9.68. The van der Waals surface area contributed by atoms with Crippen molar-refractivity contribution in [2.24, 2.45) is 0 Å². The van der Waals surface area contributed by atoms with Crippen LogP contribution in [0.25, 0.3) is 90.9 Å². The minimum Gasteiger partial charge on any atom is -0.497 e. The van der Waals surface area contributed by atoms with Crippen molar-refractivity contribution in [3.8, 4) is 67.5 Å². The van der Waals surface area contributed by atoms with E-state index >= 15 is 0 Å². The zero-order valence-corrected chi connectivity index (χ0v) is 31.8. The summed E-state index contributed by atoms with van der Waals surface area (Å²) in [6.45, 7) is 0. The predicted molar refractivity (Wildman–Crippen MR) is 230 cm³/mol. The zero-order chi connectivity index (χ0) is 39.5. The highest BCUT2D eigenvalue weighted by molar-refractivity contribution is 6.02. The molecule has 5 heterocycles. The lowest BCUT2D eigenvalue weighted by Crippen LogP contribution is -2.01. The molecule has 1 unspecified atom stereocenters. The first kappa shape index (κ1) is 33.1. The Kier molecular flexibility index (Phi) is 7.98. The van der Waals surface area contributed by atoms with Crippen LogP contribution in [0.3, 0.4) is 0 Å². The highest BCUT2D eigenvalue weighted by atomic mass is 16.5. The lowest BCUT2D eigenvalue weighted by Gasteiger charge is -2.18. The van der Waals surface area contributed by atoms with Crippen molar-refractivity contribution < 1.29 is 20.3 Å². The van der Waals surface area contributed by atoms with Crippen LogP contribution in [-0.2, 0) is 6.40 Å². The summed E-state index contributed by atoms with van der Waals surface area (Å²) in [4.78, 5) is 18.4. The zero-order valence-electron chi connectivity index (χ0n) is 32.8. The molecule has 7 aromatic rings. The van der Waals surface area contributed by atoms with Gasteiger partial charge >= 0.3 is 0 Å². The highest BCUT2D eigenvalue weighted by Gasteiger charge is 2.25. The van der Waals surface area contributed by atoms with Gasteiger partial charge in [-0.15, -0.1) is 0 Å². The van der Waals surface area contributed by atoms with Crippen LogP contribution in [0.15, 0.2) is 109 Å². The molecule has 3 aromatic heterocycles. The summed E-state index contributed by atoms with van der Waals surface area (Å²) in [6, 6.07) is 36.5. The van der Waals surface area contributed by atoms with Gasteiger partial charge < -0.3 is 28.9 Å². The molecule has 0 radical (unpaired) electrons. The lowest BCUT2D eigenvalue weighted by molar-refractivity contribution is 0.414. The van der Waals surface area contributed by atoms with Crippen molar-refractivity contribution in [3.05, 3.63) is 143 Å². The Morgan fingerprint density at radius 3 is 1.44 bits per heavy atom. The SMILES string of the molecule is [2H]C1c2cc(OC)ccc2-c2c3nc(c(-c4ccc(OC)cc4)c4nc(c(-c5ccc(OC)cc5)c5ccc([nH]5)c(-c5ccc(OC)cc5)c5cc1c2[nH]5)C=C4)C=C3. The molecule has 3 aliphatic rings. The number of fused-ring (bicyclic) bond motifs is 10. The van der Waals surface area contributed by atoms with Crippen LogP contribution in [-0.4, -0.2) is 48.4 Å². The molecule has 2 N–H and O–H groups in total. The van der Waals surface area contributed by atoms with Gasteiger partial charge in [-0.1, -0.05) is 42.5 Å². The van der Waals surface area contributed by atoms with E-state index in [0.717, 1.165) is 118 Å². The van der Waals surface area contributed by atoms with Crippen molar-refractivity contribution >= 4 is 46.4 Å². The summed E-state index contributed by atoms with van der Waals surface area (Å²) >= 11 is 0. The van der Waals surface area contributed by atoms with Crippen LogP contribution in [0.1, 0.15) is 35.3 Å². The van der Waals surface area contributed by atoms with Gasteiger partial charge in [-0.3, -0.25) is 0 Å². The predicted octanol–water partition coefficient (Wildman–Crippen LogP) is 11.3. The third-order valence-electron chi connectivity index (χ3n) is 10.9. The van der Waals surface area contributed by atoms with E-state index in [9.17, 15) is 1.37 Å². The molecule has 0 amide bonds. The topological polar surface area (TPSA) is 94.3 Å². The van der Waals surface area contributed by atoms with Gasteiger partial charge in [-0.05, 0) is 124 Å². The molecular weight excluding hydrogens is 709 g/mol. The minimum atomic E-state index is -0.676. The van der Waals surface area contributed by atoms with E-state index in [1.165, 1.54) is 0 Å². The molecule has 0 spiro atoms. The number of methoxy groups -OCH3 is 4. The molecule has 0 saturated heterocycles. The fourth-order valence-corrected chi connectivity index (χ4v) is 8.07. The number of aromatic nitrogens is 4.